The van der Waals surface area contributed by atoms with Crippen LogP contribution in [0.15, 0.2) is 60.7 Å². The lowest BCUT2D eigenvalue weighted by atomic mass is 10.2. The van der Waals surface area contributed by atoms with Crippen LogP contribution in [-0.4, -0.2) is 74.7 Å². The van der Waals surface area contributed by atoms with Crippen LogP contribution in [0.1, 0.15) is 11.1 Å². The highest BCUT2D eigenvalue weighted by Crippen LogP contribution is 2.32. The number of anilines is 2. The highest BCUT2D eigenvalue weighted by Gasteiger charge is 2.22. The lowest BCUT2D eigenvalue weighted by Crippen LogP contribution is -2.22. The van der Waals surface area contributed by atoms with Crippen molar-refractivity contribution in [3.05, 3.63) is 71.8 Å². The van der Waals surface area contributed by atoms with Crippen molar-refractivity contribution < 1.29 is 18.9 Å². The number of ether oxygens (including phenoxy) is 4. The summed E-state index contributed by atoms with van der Waals surface area (Å²) in [6.07, 6.45) is 0. The number of aromatic nitrogens is 4. The smallest absolute Gasteiger partial charge is 0.319 e. The molecule has 0 saturated heterocycles. The second-order valence-corrected chi connectivity index (χ2v) is 8.72. The Morgan fingerprint density at radius 1 is 0.553 bits per heavy atom. The molecule has 0 atom stereocenters. The van der Waals surface area contributed by atoms with Gasteiger partial charge in [0, 0.05) is 41.4 Å². The number of hydrogen-bond donors (Lipinski definition) is 0. The number of benzene rings is 2. The zero-order valence-corrected chi connectivity index (χ0v) is 22.3. The highest BCUT2D eigenvalue weighted by molar-refractivity contribution is 5.93. The van der Waals surface area contributed by atoms with Crippen molar-refractivity contribution in [2.24, 2.45) is 0 Å². The summed E-state index contributed by atoms with van der Waals surface area (Å²) in [6.45, 7) is 2.70. The standard InChI is InChI=1S/C28H34N6O4/c1-33(19-21-11-7-5-8-12-21)25-23-24(30-27(31-25)37-17-15-35-3)26(32-28(29-23)38-18-16-36-4)34(2)20-22-13-9-6-10-14-22/h5-14H,15-20H2,1-4H3. The molecule has 0 bridgehead atoms. The molecule has 10 heteroatoms. The Morgan fingerprint density at radius 3 is 1.32 bits per heavy atom. The molecule has 4 aromatic rings. The van der Waals surface area contributed by atoms with Gasteiger partial charge >= 0.3 is 12.0 Å². The van der Waals surface area contributed by atoms with Gasteiger partial charge in [-0.15, -0.1) is 0 Å². The first-order valence-electron chi connectivity index (χ1n) is 12.4. The van der Waals surface area contributed by atoms with Crippen LogP contribution in [0.3, 0.4) is 0 Å². The third-order valence-corrected chi connectivity index (χ3v) is 5.75. The van der Waals surface area contributed by atoms with Gasteiger partial charge in [0.25, 0.3) is 0 Å². The molecule has 38 heavy (non-hydrogen) atoms. The molecule has 2 aromatic heterocycles. The molecule has 200 valence electrons. The summed E-state index contributed by atoms with van der Waals surface area (Å²) < 4.78 is 22.0. The van der Waals surface area contributed by atoms with Crippen molar-refractivity contribution in [2.45, 2.75) is 13.1 Å². The van der Waals surface area contributed by atoms with Gasteiger partial charge in [0.15, 0.2) is 11.6 Å². The van der Waals surface area contributed by atoms with Crippen molar-refractivity contribution >= 4 is 22.7 Å². The van der Waals surface area contributed by atoms with E-state index in [2.05, 4.69) is 24.3 Å². The van der Waals surface area contributed by atoms with Crippen molar-refractivity contribution in [1.82, 2.24) is 19.9 Å². The normalized spacial score (nSPS) is 10.9. The molecule has 0 N–H and O–H groups in total. The number of nitrogens with zero attached hydrogens (tertiary/aromatic N) is 6. The summed E-state index contributed by atoms with van der Waals surface area (Å²) in [5, 5.41) is 0. The number of methoxy groups -OCH3 is 2. The van der Waals surface area contributed by atoms with Gasteiger partial charge < -0.3 is 28.7 Å². The minimum absolute atomic E-state index is 0.232. The summed E-state index contributed by atoms with van der Waals surface area (Å²) in [5.74, 6) is 1.22. The molecule has 10 nitrogen and oxygen atoms in total. The third kappa shape index (κ3) is 7.05. The van der Waals surface area contributed by atoms with Crippen molar-refractivity contribution in [3.8, 4) is 12.0 Å². The van der Waals surface area contributed by atoms with Crippen LogP contribution in [0.25, 0.3) is 11.0 Å². The van der Waals surface area contributed by atoms with E-state index in [9.17, 15) is 0 Å². The molecule has 0 aliphatic rings. The Morgan fingerprint density at radius 2 is 0.947 bits per heavy atom. The Balaban J connectivity index is 1.81. The molecular weight excluding hydrogens is 484 g/mol. The van der Waals surface area contributed by atoms with Gasteiger partial charge in [0.2, 0.25) is 0 Å². The van der Waals surface area contributed by atoms with E-state index in [1.807, 2.05) is 60.3 Å². The van der Waals surface area contributed by atoms with Crippen LogP contribution in [0, 0.1) is 0 Å². The molecule has 2 heterocycles. The van der Waals surface area contributed by atoms with Crippen molar-refractivity contribution in [3.63, 3.8) is 0 Å². The van der Waals surface area contributed by atoms with E-state index in [-0.39, 0.29) is 12.0 Å². The Kier molecular flexibility index (Phi) is 9.60. The monoisotopic (exact) mass is 518 g/mol. The van der Waals surface area contributed by atoms with E-state index < -0.39 is 0 Å². The van der Waals surface area contributed by atoms with Crippen LogP contribution < -0.4 is 19.3 Å². The van der Waals surface area contributed by atoms with Gasteiger partial charge in [-0.25, -0.2) is 0 Å². The van der Waals surface area contributed by atoms with Crippen LogP contribution in [0.5, 0.6) is 12.0 Å². The number of hydrogen-bond acceptors (Lipinski definition) is 10. The van der Waals surface area contributed by atoms with E-state index in [0.717, 1.165) is 11.1 Å². The van der Waals surface area contributed by atoms with Gasteiger partial charge in [0.1, 0.15) is 24.2 Å². The average Bonchev–Trinajstić information content (AvgIpc) is 2.93. The van der Waals surface area contributed by atoms with Crippen molar-refractivity contribution in [1.29, 1.82) is 0 Å². The summed E-state index contributed by atoms with van der Waals surface area (Å²) in [7, 11) is 7.18. The van der Waals surface area contributed by atoms with Gasteiger partial charge in [0.05, 0.1) is 13.2 Å². The fourth-order valence-corrected chi connectivity index (χ4v) is 3.90. The molecule has 0 aliphatic carbocycles. The molecule has 0 unspecified atom stereocenters. The second-order valence-electron chi connectivity index (χ2n) is 8.72. The summed E-state index contributed by atoms with van der Waals surface area (Å²) in [5.41, 5.74) is 3.41. The van der Waals surface area contributed by atoms with Gasteiger partial charge in [-0.05, 0) is 11.1 Å². The Hall–Kier alpha value is -4.02. The predicted octanol–water partition coefficient (Wildman–Crippen LogP) is 3.74. The van der Waals surface area contributed by atoms with E-state index in [0.29, 0.717) is 62.2 Å². The lowest BCUT2D eigenvalue weighted by Gasteiger charge is -2.23. The van der Waals surface area contributed by atoms with E-state index in [4.69, 9.17) is 38.9 Å². The fraction of sp³-hybridized carbons (Fsp3) is 0.357. The average molecular weight is 519 g/mol. The Labute approximate surface area is 223 Å². The topological polar surface area (TPSA) is 95.0 Å². The molecule has 0 amide bonds. The SMILES string of the molecule is COCCOc1nc(N(C)Cc2ccccc2)c2nc(OCCOC)nc(N(C)Cc3ccccc3)c2n1. The molecular formula is C28H34N6O4. The molecule has 4 rings (SSSR count). The Bertz CT molecular complexity index is 1190. The first kappa shape index (κ1) is 27.0. The quantitative estimate of drug-likeness (QED) is 0.230. The number of rotatable bonds is 14. The number of fused-ring (bicyclic) bond motifs is 1. The molecule has 0 spiro atoms. The van der Waals surface area contributed by atoms with E-state index in [1.165, 1.54) is 0 Å². The highest BCUT2D eigenvalue weighted by atomic mass is 16.5. The molecule has 2 aromatic carbocycles. The van der Waals surface area contributed by atoms with E-state index in [1.54, 1.807) is 14.2 Å². The molecule has 0 radical (unpaired) electrons. The third-order valence-electron chi connectivity index (χ3n) is 5.75. The summed E-state index contributed by atoms with van der Waals surface area (Å²) >= 11 is 0. The molecule has 0 fully saturated rings. The van der Waals surface area contributed by atoms with Gasteiger partial charge in [-0.1, -0.05) is 60.7 Å². The van der Waals surface area contributed by atoms with Gasteiger partial charge in [-0.2, -0.15) is 19.9 Å². The van der Waals surface area contributed by atoms with Crippen LogP contribution >= 0.6 is 0 Å². The van der Waals surface area contributed by atoms with Crippen LogP contribution in [0.4, 0.5) is 11.6 Å². The summed E-state index contributed by atoms with van der Waals surface area (Å²) in [4.78, 5) is 23.0. The van der Waals surface area contributed by atoms with Gasteiger partial charge in [-0.3, -0.25) is 0 Å². The maximum atomic E-state index is 5.86. The maximum absolute atomic E-state index is 5.86. The minimum atomic E-state index is 0.232. The zero-order chi connectivity index (χ0) is 26.7. The largest absolute Gasteiger partial charge is 0.461 e. The van der Waals surface area contributed by atoms with E-state index >= 15 is 0 Å². The first-order chi connectivity index (χ1) is 18.6. The lowest BCUT2D eigenvalue weighted by molar-refractivity contribution is 0.140. The second kappa shape index (κ2) is 13.5. The molecule has 0 aliphatic heterocycles. The fourth-order valence-electron chi connectivity index (χ4n) is 3.90. The summed E-state index contributed by atoms with van der Waals surface area (Å²) in [6, 6.07) is 20.8. The van der Waals surface area contributed by atoms with Crippen LogP contribution in [0.2, 0.25) is 0 Å². The van der Waals surface area contributed by atoms with Crippen LogP contribution in [-0.2, 0) is 22.6 Å². The predicted molar refractivity (Wildman–Crippen MR) is 147 cm³/mol. The maximum Gasteiger partial charge on any atom is 0.319 e. The van der Waals surface area contributed by atoms with Crippen molar-refractivity contribution in [2.75, 3.05) is 64.5 Å². The first-order valence-corrected chi connectivity index (χ1v) is 12.4. The molecule has 0 saturated carbocycles. The zero-order valence-electron chi connectivity index (χ0n) is 22.3. The minimum Gasteiger partial charge on any atom is -0.461 e.